The van der Waals surface area contributed by atoms with E-state index in [2.05, 4.69) is 5.32 Å². The Morgan fingerprint density at radius 3 is 2.62 bits per heavy atom. The molecule has 16 heavy (non-hydrogen) atoms. The lowest BCUT2D eigenvalue weighted by atomic mass is 10.1. The van der Waals surface area contributed by atoms with Gasteiger partial charge in [-0.15, -0.1) is 0 Å². The first-order valence-corrected chi connectivity index (χ1v) is 6.28. The summed E-state index contributed by atoms with van der Waals surface area (Å²) < 4.78 is 5.64. The van der Waals surface area contributed by atoms with Gasteiger partial charge in [0.2, 0.25) is 0 Å². The van der Waals surface area contributed by atoms with E-state index in [-0.39, 0.29) is 0 Å². The molecular weight excluding hydrogens is 268 g/mol. The maximum Gasteiger partial charge on any atom is 0.139 e. The van der Waals surface area contributed by atoms with Crippen LogP contribution in [0.4, 0.5) is 0 Å². The maximum atomic E-state index is 6.00. The normalized spacial score (nSPS) is 20.1. The van der Waals surface area contributed by atoms with Gasteiger partial charge in [0, 0.05) is 18.5 Å². The first kappa shape index (κ1) is 12.3. The summed E-state index contributed by atoms with van der Waals surface area (Å²) in [6.07, 6.45) is 1.14. The summed E-state index contributed by atoms with van der Waals surface area (Å²) in [6, 6.07) is 3.27. The van der Waals surface area contributed by atoms with E-state index >= 15 is 0 Å². The van der Waals surface area contributed by atoms with Gasteiger partial charge < -0.3 is 10.1 Å². The Bertz CT molecular complexity index is 378. The molecule has 1 fully saturated rings. The van der Waals surface area contributed by atoms with Crippen LogP contribution in [0, 0.1) is 5.92 Å². The van der Waals surface area contributed by atoms with Crippen molar-refractivity contribution in [3.05, 3.63) is 27.2 Å². The molecule has 1 aromatic carbocycles. The molecule has 2 rings (SSSR count). The molecule has 0 aliphatic carbocycles. The van der Waals surface area contributed by atoms with E-state index in [0.717, 1.165) is 19.5 Å². The minimum absolute atomic E-state index is 0.446. The number of halogens is 3. The molecule has 2 nitrogen and oxygen atoms in total. The van der Waals surface area contributed by atoms with Gasteiger partial charge in [-0.3, -0.25) is 0 Å². The molecule has 1 aliphatic rings. The molecule has 1 aliphatic heterocycles. The Kier molecular flexibility index (Phi) is 4.20. The lowest BCUT2D eigenvalue weighted by Gasteiger charge is -2.12. The highest BCUT2D eigenvalue weighted by atomic mass is 35.5. The van der Waals surface area contributed by atoms with Gasteiger partial charge in [0.05, 0.1) is 21.7 Å². The summed E-state index contributed by atoms with van der Waals surface area (Å²) in [5.74, 6) is 1.15. The Hall–Kier alpha value is -0.150. The molecule has 0 bridgehead atoms. The molecule has 5 heteroatoms. The lowest BCUT2D eigenvalue weighted by molar-refractivity contribution is 0.260. The molecule has 0 spiro atoms. The van der Waals surface area contributed by atoms with Crippen molar-refractivity contribution in [2.45, 2.75) is 6.42 Å². The molecule has 0 aromatic heterocycles. The molecule has 1 aromatic rings. The van der Waals surface area contributed by atoms with Crippen molar-refractivity contribution in [3.63, 3.8) is 0 Å². The average Bonchev–Trinajstić information content (AvgIpc) is 2.74. The second-order valence-electron chi connectivity index (χ2n) is 3.87. The minimum atomic E-state index is 0.446. The van der Waals surface area contributed by atoms with Crippen molar-refractivity contribution in [3.8, 4) is 5.75 Å². The van der Waals surface area contributed by atoms with Gasteiger partial charge in [-0.05, 0) is 19.0 Å². The second-order valence-corrected chi connectivity index (χ2v) is 5.09. The Morgan fingerprint density at radius 2 is 1.94 bits per heavy atom. The van der Waals surface area contributed by atoms with Gasteiger partial charge in [0.15, 0.2) is 0 Å². The fourth-order valence-corrected chi connectivity index (χ4v) is 2.27. The summed E-state index contributed by atoms with van der Waals surface area (Å²) in [5, 5.41) is 4.69. The number of ether oxygens (including phenoxy) is 1. The van der Waals surface area contributed by atoms with Crippen LogP contribution in [-0.2, 0) is 0 Å². The van der Waals surface area contributed by atoms with E-state index in [0.29, 0.717) is 33.3 Å². The van der Waals surface area contributed by atoms with Gasteiger partial charge in [-0.1, -0.05) is 34.8 Å². The molecule has 0 radical (unpaired) electrons. The van der Waals surface area contributed by atoms with Gasteiger partial charge >= 0.3 is 0 Å². The van der Waals surface area contributed by atoms with E-state index < -0.39 is 0 Å². The second kappa shape index (κ2) is 5.46. The van der Waals surface area contributed by atoms with Crippen LogP contribution < -0.4 is 10.1 Å². The molecule has 1 N–H and O–H groups in total. The maximum absolute atomic E-state index is 6.00. The Morgan fingerprint density at radius 1 is 1.19 bits per heavy atom. The third-order valence-corrected chi connectivity index (χ3v) is 3.63. The fourth-order valence-electron chi connectivity index (χ4n) is 1.68. The quantitative estimate of drug-likeness (QED) is 0.854. The first-order chi connectivity index (χ1) is 7.66. The molecule has 1 heterocycles. The molecule has 1 saturated heterocycles. The van der Waals surface area contributed by atoms with Crippen LogP contribution in [0.2, 0.25) is 15.1 Å². The van der Waals surface area contributed by atoms with Crippen molar-refractivity contribution in [1.29, 1.82) is 0 Å². The zero-order valence-electron chi connectivity index (χ0n) is 8.60. The highest BCUT2D eigenvalue weighted by Crippen LogP contribution is 2.34. The van der Waals surface area contributed by atoms with Gasteiger partial charge in [0.25, 0.3) is 0 Å². The predicted octanol–water partition coefficient (Wildman–Crippen LogP) is 3.64. The molecular formula is C11H12Cl3NO. The summed E-state index contributed by atoms with van der Waals surface area (Å²) >= 11 is 17.7. The number of benzene rings is 1. The zero-order chi connectivity index (χ0) is 11.5. The summed E-state index contributed by atoms with van der Waals surface area (Å²) in [6.45, 7) is 2.72. The van der Waals surface area contributed by atoms with Crippen molar-refractivity contribution < 1.29 is 4.74 Å². The Balaban J connectivity index is 2.00. The first-order valence-electron chi connectivity index (χ1n) is 5.15. The lowest BCUT2D eigenvalue weighted by Crippen LogP contribution is -2.15. The third kappa shape index (κ3) is 2.95. The third-order valence-electron chi connectivity index (χ3n) is 2.61. The van der Waals surface area contributed by atoms with E-state index in [1.54, 1.807) is 12.1 Å². The van der Waals surface area contributed by atoms with E-state index in [1.165, 1.54) is 0 Å². The van der Waals surface area contributed by atoms with Crippen LogP contribution >= 0.6 is 34.8 Å². The zero-order valence-corrected chi connectivity index (χ0v) is 10.9. The molecule has 88 valence electrons. The van der Waals surface area contributed by atoms with E-state index in [4.69, 9.17) is 39.5 Å². The van der Waals surface area contributed by atoms with Gasteiger partial charge in [0.1, 0.15) is 5.75 Å². The molecule has 0 amide bonds. The Labute approximate surface area is 110 Å². The van der Waals surface area contributed by atoms with Crippen molar-refractivity contribution in [1.82, 2.24) is 5.32 Å². The van der Waals surface area contributed by atoms with Crippen LogP contribution in [0.15, 0.2) is 12.1 Å². The van der Waals surface area contributed by atoms with Crippen molar-refractivity contribution >= 4 is 34.8 Å². The predicted molar refractivity (Wildman–Crippen MR) is 67.9 cm³/mol. The van der Waals surface area contributed by atoms with Crippen molar-refractivity contribution in [2.24, 2.45) is 5.92 Å². The summed E-state index contributed by atoms with van der Waals surface area (Å²) in [4.78, 5) is 0. The number of nitrogens with one attached hydrogen (secondary N) is 1. The average molecular weight is 281 g/mol. The van der Waals surface area contributed by atoms with E-state index in [1.807, 2.05) is 0 Å². The smallest absolute Gasteiger partial charge is 0.139 e. The number of hydrogen-bond donors (Lipinski definition) is 1. The van der Waals surface area contributed by atoms with Crippen LogP contribution in [-0.4, -0.2) is 19.7 Å². The topological polar surface area (TPSA) is 21.3 Å². The highest BCUT2D eigenvalue weighted by Gasteiger charge is 2.16. The summed E-state index contributed by atoms with van der Waals surface area (Å²) in [5.41, 5.74) is 0. The molecule has 1 unspecified atom stereocenters. The van der Waals surface area contributed by atoms with Crippen LogP contribution in [0.5, 0.6) is 5.75 Å². The van der Waals surface area contributed by atoms with E-state index in [9.17, 15) is 0 Å². The highest BCUT2D eigenvalue weighted by molar-refractivity contribution is 6.43. The van der Waals surface area contributed by atoms with Crippen LogP contribution in [0.25, 0.3) is 0 Å². The largest absolute Gasteiger partial charge is 0.492 e. The molecule has 1 atom stereocenters. The summed E-state index contributed by atoms with van der Waals surface area (Å²) in [7, 11) is 0. The van der Waals surface area contributed by atoms with Gasteiger partial charge in [-0.2, -0.15) is 0 Å². The fraction of sp³-hybridized carbons (Fsp3) is 0.455. The van der Waals surface area contributed by atoms with Crippen molar-refractivity contribution in [2.75, 3.05) is 19.7 Å². The standard InChI is InChI=1S/C11H12Cl3NO/c12-8-3-10(14)11(4-9(8)13)16-6-7-1-2-15-5-7/h3-4,7,15H,1-2,5-6H2. The monoisotopic (exact) mass is 279 g/mol. The minimum Gasteiger partial charge on any atom is -0.492 e. The SMILES string of the molecule is Clc1cc(Cl)c(OCC2CCNC2)cc1Cl. The van der Waals surface area contributed by atoms with Crippen LogP contribution in [0.3, 0.4) is 0 Å². The molecule has 0 saturated carbocycles. The van der Waals surface area contributed by atoms with Crippen LogP contribution in [0.1, 0.15) is 6.42 Å². The number of hydrogen-bond acceptors (Lipinski definition) is 2. The van der Waals surface area contributed by atoms with Gasteiger partial charge in [-0.25, -0.2) is 0 Å². The number of rotatable bonds is 3.